The van der Waals surface area contributed by atoms with Crippen LogP contribution in [0.3, 0.4) is 0 Å². The summed E-state index contributed by atoms with van der Waals surface area (Å²) in [7, 11) is 0. The van der Waals surface area contributed by atoms with E-state index in [0.29, 0.717) is 11.9 Å². The average molecular weight is 249 g/mol. The van der Waals surface area contributed by atoms with Crippen LogP contribution in [0.15, 0.2) is 0 Å². The van der Waals surface area contributed by atoms with Crippen molar-refractivity contribution < 1.29 is 4.79 Å². The zero-order valence-corrected chi connectivity index (χ0v) is 11.0. The predicted octanol–water partition coefficient (Wildman–Crippen LogP) is 0.925. The Hall–Kier alpha value is -0.610. The number of nitrogens with zero attached hydrogens (tertiary/aromatic N) is 2. The number of rotatable bonds is 2. The van der Waals surface area contributed by atoms with Crippen molar-refractivity contribution in [3.05, 3.63) is 0 Å². The maximum atomic E-state index is 12.7. The van der Waals surface area contributed by atoms with Crippen LogP contribution in [-0.4, -0.2) is 53.1 Å². The van der Waals surface area contributed by atoms with E-state index >= 15 is 0 Å². The van der Waals surface area contributed by atoms with Crippen molar-refractivity contribution in [3.8, 4) is 0 Å². The van der Waals surface area contributed by atoms with E-state index < -0.39 is 0 Å². The zero-order valence-electron chi connectivity index (χ0n) is 11.0. The van der Waals surface area contributed by atoms with Gasteiger partial charge in [0.25, 0.3) is 0 Å². The van der Waals surface area contributed by atoms with Crippen LogP contribution in [0.25, 0.3) is 0 Å². The smallest absolute Gasteiger partial charge is 0.244 e. The Morgan fingerprint density at radius 3 is 2.61 bits per heavy atom. The molecule has 1 atom stereocenters. The van der Waals surface area contributed by atoms with Gasteiger partial charge in [-0.05, 0) is 32.1 Å². The summed E-state index contributed by atoms with van der Waals surface area (Å²) in [6.45, 7) is 3.11. The van der Waals surface area contributed by atoms with Gasteiger partial charge in [-0.3, -0.25) is 15.0 Å². The third-order valence-electron chi connectivity index (χ3n) is 5.41. The summed E-state index contributed by atoms with van der Waals surface area (Å²) in [6.07, 6.45) is 8.48. The van der Waals surface area contributed by atoms with Gasteiger partial charge in [-0.2, -0.15) is 0 Å². The van der Waals surface area contributed by atoms with Gasteiger partial charge in [-0.1, -0.05) is 12.8 Å². The van der Waals surface area contributed by atoms with Gasteiger partial charge in [-0.25, -0.2) is 0 Å². The molecule has 2 saturated carbocycles. The highest BCUT2D eigenvalue weighted by Gasteiger charge is 2.50. The maximum absolute atomic E-state index is 12.7. The average Bonchev–Trinajstić information content (AvgIpc) is 2.84. The summed E-state index contributed by atoms with van der Waals surface area (Å²) in [4.78, 5) is 17.4. The van der Waals surface area contributed by atoms with E-state index in [4.69, 9.17) is 0 Å². The summed E-state index contributed by atoms with van der Waals surface area (Å²) >= 11 is 0. The largest absolute Gasteiger partial charge is 0.324 e. The van der Waals surface area contributed by atoms with Crippen LogP contribution < -0.4 is 5.32 Å². The topological polar surface area (TPSA) is 35.6 Å². The first kappa shape index (κ1) is 11.2. The number of hydrogen-bond donors (Lipinski definition) is 1. The molecule has 2 aliphatic heterocycles. The summed E-state index contributed by atoms with van der Waals surface area (Å²) in [5.74, 6) is 0.405. The highest BCUT2D eigenvalue weighted by Crippen LogP contribution is 2.37. The Morgan fingerprint density at radius 1 is 1.11 bits per heavy atom. The summed E-state index contributed by atoms with van der Waals surface area (Å²) in [5, 5.41) is 3.53. The highest BCUT2D eigenvalue weighted by molar-refractivity contribution is 5.89. The van der Waals surface area contributed by atoms with Crippen LogP contribution in [-0.2, 0) is 4.79 Å². The molecule has 0 bridgehead atoms. The quantitative estimate of drug-likeness (QED) is 0.790. The van der Waals surface area contributed by atoms with Crippen LogP contribution in [0, 0.1) is 0 Å². The van der Waals surface area contributed by atoms with Crippen LogP contribution in [0.4, 0.5) is 0 Å². The molecule has 4 fully saturated rings. The van der Waals surface area contributed by atoms with Crippen molar-refractivity contribution in [1.82, 2.24) is 15.1 Å². The lowest BCUT2D eigenvalue weighted by Crippen LogP contribution is -2.46. The summed E-state index contributed by atoms with van der Waals surface area (Å²) < 4.78 is 0. The first-order chi connectivity index (χ1) is 8.78. The molecule has 2 aliphatic carbocycles. The third-order valence-corrected chi connectivity index (χ3v) is 5.41. The van der Waals surface area contributed by atoms with Gasteiger partial charge in [0.05, 0.1) is 12.2 Å². The van der Waals surface area contributed by atoms with Crippen LogP contribution >= 0.6 is 0 Å². The predicted molar refractivity (Wildman–Crippen MR) is 69.0 cm³/mol. The van der Waals surface area contributed by atoms with Crippen molar-refractivity contribution in [2.45, 2.75) is 62.6 Å². The normalized spacial score (nSPS) is 36.1. The summed E-state index contributed by atoms with van der Waals surface area (Å²) in [5.41, 5.74) is -0.160. The molecule has 18 heavy (non-hydrogen) atoms. The molecule has 4 nitrogen and oxygen atoms in total. The number of hydrogen-bond acceptors (Lipinski definition) is 3. The molecule has 4 heteroatoms. The molecule has 4 aliphatic rings. The Kier molecular flexibility index (Phi) is 2.46. The highest BCUT2D eigenvalue weighted by atomic mass is 16.2. The lowest BCUT2D eigenvalue weighted by molar-refractivity contribution is -0.134. The fourth-order valence-corrected chi connectivity index (χ4v) is 4.12. The maximum Gasteiger partial charge on any atom is 0.244 e. The number of amides is 1. The Morgan fingerprint density at radius 2 is 1.89 bits per heavy atom. The monoisotopic (exact) mass is 249 g/mol. The molecule has 0 radical (unpaired) electrons. The van der Waals surface area contributed by atoms with Gasteiger partial charge >= 0.3 is 0 Å². The Labute approximate surface area is 109 Å². The molecule has 2 heterocycles. The zero-order chi connectivity index (χ0) is 12.2. The lowest BCUT2D eigenvalue weighted by atomic mass is 9.97. The van der Waals surface area contributed by atoms with E-state index in [1.54, 1.807) is 0 Å². The van der Waals surface area contributed by atoms with E-state index in [0.717, 1.165) is 32.1 Å². The van der Waals surface area contributed by atoms with Crippen molar-refractivity contribution in [3.63, 3.8) is 0 Å². The van der Waals surface area contributed by atoms with Gasteiger partial charge in [0.15, 0.2) is 0 Å². The molecule has 4 rings (SSSR count). The number of carbonyl (C=O) groups is 1. The van der Waals surface area contributed by atoms with Crippen LogP contribution in [0.2, 0.25) is 0 Å². The molecule has 100 valence electrons. The van der Waals surface area contributed by atoms with E-state index in [2.05, 4.69) is 15.1 Å². The van der Waals surface area contributed by atoms with Gasteiger partial charge in [-0.15, -0.1) is 0 Å². The van der Waals surface area contributed by atoms with Crippen molar-refractivity contribution in [2.75, 3.05) is 19.8 Å². The van der Waals surface area contributed by atoms with E-state index in [1.165, 1.54) is 38.6 Å². The minimum Gasteiger partial charge on any atom is -0.324 e. The van der Waals surface area contributed by atoms with Crippen molar-refractivity contribution in [2.24, 2.45) is 0 Å². The van der Waals surface area contributed by atoms with Crippen molar-refractivity contribution in [1.29, 1.82) is 0 Å². The molecular weight excluding hydrogens is 226 g/mol. The van der Waals surface area contributed by atoms with Crippen LogP contribution in [0.5, 0.6) is 0 Å². The van der Waals surface area contributed by atoms with E-state index in [-0.39, 0.29) is 5.54 Å². The first-order valence-electron chi connectivity index (χ1n) is 7.59. The van der Waals surface area contributed by atoms with E-state index in [9.17, 15) is 4.79 Å². The summed E-state index contributed by atoms with van der Waals surface area (Å²) in [6, 6.07) is 1.33. The molecular formula is C14H23N3O. The number of likely N-dealkylation sites (tertiary alicyclic amines) is 1. The minimum atomic E-state index is -0.160. The number of carbonyl (C=O) groups excluding carboxylic acids is 1. The number of nitrogens with one attached hydrogen (secondary N) is 1. The molecule has 0 aromatic heterocycles. The second kappa shape index (κ2) is 3.94. The van der Waals surface area contributed by atoms with Gasteiger partial charge in [0.2, 0.25) is 5.91 Å². The van der Waals surface area contributed by atoms with Crippen LogP contribution in [0.1, 0.15) is 44.9 Å². The molecule has 1 spiro atoms. The second-order valence-electron chi connectivity index (χ2n) is 6.57. The molecule has 1 N–H and O–H groups in total. The van der Waals surface area contributed by atoms with Gasteiger partial charge in [0, 0.05) is 25.2 Å². The first-order valence-corrected chi connectivity index (χ1v) is 7.59. The lowest BCUT2D eigenvalue weighted by Gasteiger charge is -2.26. The second-order valence-corrected chi connectivity index (χ2v) is 6.57. The van der Waals surface area contributed by atoms with Gasteiger partial charge < -0.3 is 4.90 Å². The standard InChI is InChI=1S/C14H23N3O/c18-13-14(6-1-2-7-14)15-10-17(13)12-5-8-16(9-12)11-3-4-11/h11-12,15H,1-10H2. The molecule has 0 aromatic rings. The van der Waals surface area contributed by atoms with Crippen molar-refractivity contribution >= 4 is 5.91 Å². The molecule has 1 amide bonds. The Bertz CT molecular complexity index is 360. The van der Waals surface area contributed by atoms with E-state index in [1.807, 2.05) is 0 Å². The molecule has 2 saturated heterocycles. The third kappa shape index (κ3) is 1.62. The Balaban J connectivity index is 1.45. The SMILES string of the molecule is O=C1N(C2CCN(C3CC3)C2)CNC12CCCC2. The fourth-order valence-electron chi connectivity index (χ4n) is 4.12. The molecule has 0 aromatic carbocycles. The van der Waals surface area contributed by atoms with Gasteiger partial charge in [0.1, 0.15) is 0 Å². The molecule has 1 unspecified atom stereocenters. The fraction of sp³-hybridized carbons (Fsp3) is 0.929. The minimum absolute atomic E-state index is 0.160.